The molecule has 0 unspecified atom stereocenters. The molecule has 4 aromatic rings. The van der Waals surface area contributed by atoms with Crippen LogP contribution in [0, 0.1) is 0 Å². The van der Waals surface area contributed by atoms with E-state index in [-0.39, 0.29) is 34.0 Å². The molecule has 11 heteroatoms. The zero-order valence-corrected chi connectivity index (χ0v) is 19.8. The Labute approximate surface area is 203 Å². The van der Waals surface area contributed by atoms with Crippen LogP contribution in [-0.4, -0.2) is 50.2 Å². The van der Waals surface area contributed by atoms with Crippen molar-refractivity contribution >= 4 is 35.0 Å². The zero-order valence-electron chi connectivity index (χ0n) is 17.5. The average molecular weight is 505 g/mol. The second-order valence-electron chi connectivity index (χ2n) is 6.74. The number of ether oxygens (including phenoxy) is 2. The smallest absolute Gasteiger partial charge is 0.188 e. The van der Waals surface area contributed by atoms with Crippen LogP contribution in [0.2, 0.25) is 10.0 Å². The van der Waals surface area contributed by atoms with Gasteiger partial charge in [0.25, 0.3) is 0 Å². The van der Waals surface area contributed by atoms with Crippen molar-refractivity contribution in [1.29, 1.82) is 0 Å². The number of halogens is 2. The number of imidazole rings is 1. The molecule has 0 fully saturated rings. The molecule has 0 amide bonds. The van der Waals surface area contributed by atoms with E-state index < -0.39 is 0 Å². The van der Waals surface area contributed by atoms with E-state index in [4.69, 9.17) is 32.7 Å². The van der Waals surface area contributed by atoms with Gasteiger partial charge in [0.15, 0.2) is 17.8 Å². The number of thioether (sulfide) groups is 1. The number of phenolic OH excluding ortho intramolecular Hbond substituents is 1. The van der Waals surface area contributed by atoms with Gasteiger partial charge in [-0.05, 0) is 36.6 Å². The maximum absolute atomic E-state index is 11.2. The van der Waals surface area contributed by atoms with Crippen molar-refractivity contribution in [3.63, 3.8) is 0 Å². The van der Waals surface area contributed by atoms with E-state index >= 15 is 0 Å². The van der Waals surface area contributed by atoms with Gasteiger partial charge in [-0.2, -0.15) is 4.73 Å². The van der Waals surface area contributed by atoms with Crippen LogP contribution in [0.15, 0.2) is 53.8 Å². The van der Waals surface area contributed by atoms with E-state index in [0.29, 0.717) is 33.6 Å². The fourth-order valence-corrected chi connectivity index (χ4v) is 4.22. The minimum Gasteiger partial charge on any atom is -0.508 e. The molecule has 170 valence electrons. The van der Waals surface area contributed by atoms with Crippen molar-refractivity contribution in [2.75, 3.05) is 20.2 Å². The topological polar surface area (TPSA) is 103 Å². The first-order valence-corrected chi connectivity index (χ1v) is 11.5. The Balaban J connectivity index is 1.97. The summed E-state index contributed by atoms with van der Waals surface area (Å²) in [5.74, 6) is 0.521. The SMILES string of the molecule is COCOc1cccc(-c2c(-c3ccnc(SC)n3)nc(-c3c(Cl)cc(O)cc3Cl)n2O)c1. The molecule has 2 aromatic carbocycles. The van der Waals surface area contributed by atoms with Crippen LogP contribution in [0.5, 0.6) is 11.5 Å². The maximum atomic E-state index is 11.2. The molecular weight excluding hydrogens is 487 g/mol. The zero-order chi connectivity index (χ0) is 23.5. The van der Waals surface area contributed by atoms with Gasteiger partial charge in [0, 0.05) is 18.9 Å². The summed E-state index contributed by atoms with van der Waals surface area (Å²) >= 11 is 14.1. The normalized spacial score (nSPS) is 11.0. The number of benzene rings is 2. The summed E-state index contributed by atoms with van der Waals surface area (Å²) in [4.78, 5) is 13.4. The molecule has 33 heavy (non-hydrogen) atoms. The van der Waals surface area contributed by atoms with Crippen LogP contribution in [-0.2, 0) is 4.74 Å². The van der Waals surface area contributed by atoms with E-state index in [9.17, 15) is 10.3 Å². The number of aromatic nitrogens is 4. The Kier molecular flexibility index (Phi) is 6.94. The second kappa shape index (κ2) is 9.88. The van der Waals surface area contributed by atoms with Gasteiger partial charge in [-0.25, -0.2) is 15.0 Å². The van der Waals surface area contributed by atoms with Gasteiger partial charge < -0.3 is 19.8 Å². The third-order valence-electron chi connectivity index (χ3n) is 4.61. The largest absolute Gasteiger partial charge is 0.508 e. The quantitative estimate of drug-likeness (QED) is 0.144. The molecule has 0 radical (unpaired) electrons. The van der Waals surface area contributed by atoms with Crippen LogP contribution >= 0.6 is 35.0 Å². The highest BCUT2D eigenvalue weighted by atomic mass is 35.5. The van der Waals surface area contributed by atoms with E-state index in [1.54, 1.807) is 36.5 Å². The van der Waals surface area contributed by atoms with E-state index in [1.807, 2.05) is 6.26 Å². The molecule has 2 N–H and O–H groups in total. The molecule has 0 saturated heterocycles. The fourth-order valence-electron chi connectivity index (χ4n) is 3.22. The van der Waals surface area contributed by atoms with Gasteiger partial charge in [-0.15, -0.1) is 0 Å². The summed E-state index contributed by atoms with van der Waals surface area (Å²) in [7, 11) is 1.53. The number of hydrogen-bond acceptors (Lipinski definition) is 8. The number of rotatable bonds is 7. The first-order valence-electron chi connectivity index (χ1n) is 9.53. The van der Waals surface area contributed by atoms with E-state index in [1.165, 1.54) is 31.0 Å². The Morgan fingerprint density at radius 2 is 1.85 bits per heavy atom. The predicted octanol–water partition coefficient (Wildman–Crippen LogP) is 5.63. The van der Waals surface area contributed by atoms with Gasteiger partial charge >= 0.3 is 0 Å². The van der Waals surface area contributed by atoms with Crippen LogP contribution in [0.25, 0.3) is 34.0 Å². The summed E-state index contributed by atoms with van der Waals surface area (Å²) in [6.07, 6.45) is 3.48. The molecule has 0 aliphatic rings. The van der Waals surface area contributed by atoms with Gasteiger partial charge in [0.2, 0.25) is 0 Å². The van der Waals surface area contributed by atoms with Gasteiger partial charge in [0.05, 0.1) is 21.3 Å². The molecule has 2 aromatic heterocycles. The first-order chi connectivity index (χ1) is 15.9. The number of phenols is 1. The summed E-state index contributed by atoms with van der Waals surface area (Å²) in [5.41, 5.74) is 2.09. The van der Waals surface area contributed by atoms with Crippen molar-refractivity contribution in [2.45, 2.75) is 5.16 Å². The van der Waals surface area contributed by atoms with E-state index in [0.717, 1.165) is 4.73 Å². The monoisotopic (exact) mass is 504 g/mol. The highest BCUT2D eigenvalue weighted by Gasteiger charge is 2.25. The van der Waals surface area contributed by atoms with Crippen LogP contribution in [0.1, 0.15) is 0 Å². The molecule has 2 heterocycles. The molecule has 0 aliphatic carbocycles. The number of aromatic hydroxyl groups is 1. The highest BCUT2D eigenvalue weighted by Crippen LogP contribution is 2.41. The summed E-state index contributed by atoms with van der Waals surface area (Å²) in [6, 6.07) is 11.4. The lowest BCUT2D eigenvalue weighted by Crippen LogP contribution is -2.01. The van der Waals surface area contributed by atoms with Crippen molar-refractivity contribution in [2.24, 2.45) is 0 Å². The number of nitrogens with zero attached hydrogens (tertiary/aromatic N) is 4. The third kappa shape index (κ3) is 4.72. The predicted molar refractivity (Wildman–Crippen MR) is 127 cm³/mol. The van der Waals surface area contributed by atoms with Crippen molar-refractivity contribution in [3.05, 3.63) is 58.7 Å². The molecule has 0 saturated carbocycles. The lowest BCUT2D eigenvalue weighted by Gasteiger charge is -2.10. The molecular formula is C22H18Cl2N4O4S. The van der Waals surface area contributed by atoms with E-state index in [2.05, 4.69) is 15.0 Å². The average Bonchev–Trinajstić information content (AvgIpc) is 3.14. The molecule has 0 spiro atoms. The molecule has 4 rings (SSSR count). The fraction of sp³-hybridized carbons (Fsp3) is 0.136. The lowest BCUT2D eigenvalue weighted by atomic mass is 10.1. The lowest BCUT2D eigenvalue weighted by molar-refractivity contribution is 0.0511. The second-order valence-corrected chi connectivity index (χ2v) is 8.32. The highest BCUT2D eigenvalue weighted by molar-refractivity contribution is 7.98. The van der Waals surface area contributed by atoms with Crippen molar-refractivity contribution in [1.82, 2.24) is 19.7 Å². The van der Waals surface area contributed by atoms with Crippen LogP contribution < -0.4 is 4.74 Å². The third-order valence-corrected chi connectivity index (χ3v) is 5.77. The summed E-state index contributed by atoms with van der Waals surface area (Å²) < 4.78 is 11.4. The van der Waals surface area contributed by atoms with Gasteiger partial charge in [0.1, 0.15) is 22.9 Å². The molecule has 0 aliphatic heterocycles. The Bertz CT molecular complexity index is 1290. The minimum atomic E-state index is -0.103. The summed E-state index contributed by atoms with van der Waals surface area (Å²) in [5, 5.41) is 21.9. The number of hydrogen-bond donors (Lipinski definition) is 2. The Morgan fingerprint density at radius 1 is 1.09 bits per heavy atom. The minimum absolute atomic E-state index is 0.0711. The first kappa shape index (κ1) is 23.2. The van der Waals surface area contributed by atoms with Gasteiger partial charge in [-0.1, -0.05) is 47.1 Å². The Hall–Kier alpha value is -2.98. The standard InChI is InChI=1S/C22H18Cl2N4O4S/c1-31-11-32-14-5-3-4-12(8-14)20-19(17-6-7-25-22(26-17)33-2)27-21(28(20)30)18-15(23)9-13(29)10-16(18)24/h3-10,29-30H,11H2,1-2H3. The molecule has 0 bridgehead atoms. The van der Waals surface area contributed by atoms with Gasteiger partial charge in [-0.3, -0.25) is 0 Å². The van der Waals surface area contributed by atoms with Crippen molar-refractivity contribution in [3.8, 4) is 45.5 Å². The Morgan fingerprint density at radius 3 is 2.55 bits per heavy atom. The molecule has 0 atom stereocenters. The van der Waals surface area contributed by atoms with Crippen LogP contribution in [0.4, 0.5) is 0 Å². The summed E-state index contributed by atoms with van der Waals surface area (Å²) in [6.45, 7) is 0.0711. The number of methoxy groups -OCH3 is 1. The van der Waals surface area contributed by atoms with Crippen molar-refractivity contribution < 1.29 is 19.8 Å². The van der Waals surface area contributed by atoms with Crippen LogP contribution in [0.3, 0.4) is 0 Å². The molecule has 8 nitrogen and oxygen atoms in total. The maximum Gasteiger partial charge on any atom is 0.188 e.